The molecule has 0 bridgehead atoms. The zero-order chi connectivity index (χ0) is 19.9. The lowest BCUT2D eigenvalue weighted by Gasteiger charge is -2.18. The van der Waals surface area contributed by atoms with Gasteiger partial charge in [-0.15, -0.1) is 0 Å². The van der Waals surface area contributed by atoms with Crippen molar-refractivity contribution in [3.8, 4) is 11.5 Å². The summed E-state index contributed by atoms with van der Waals surface area (Å²) >= 11 is 11.0. The van der Waals surface area contributed by atoms with E-state index in [1.54, 1.807) is 14.2 Å². The van der Waals surface area contributed by atoms with Crippen molar-refractivity contribution in [2.75, 3.05) is 24.9 Å². The SMILES string of the molecule is COc1cc(NC(=S)c2ccccc2)c(OC)cc1NC(=S)c1ccccc1. The molecule has 0 fully saturated rings. The lowest BCUT2D eigenvalue weighted by Crippen LogP contribution is -2.14. The van der Waals surface area contributed by atoms with Crippen LogP contribution < -0.4 is 20.1 Å². The molecule has 0 spiro atoms. The van der Waals surface area contributed by atoms with E-state index in [1.165, 1.54) is 0 Å². The van der Waals surface area contributed by atoms with E-state index in [9.17, 15) is 0 Å². The van der Waals surface area contributed by atoms with Crippen LogP contribution in [0.3, 0.4) is 0 Å². The second-order valence-corrected chi connectivity index (χ2v) is 6.71. The van der Waals surface area contributed by atoms with E-state index in [1.807, 2.05) is 72.8 Å². The van der Waals surface area contributed by atoms with Crippen LogP contribution in [0.1, 0.15) is 11.1 Å². The highest BCUT2D eigenvalue weighted by molar-refractivity contribution is 7.81. The summed E-state index contributed by atoms with van der Waals surface area (Å²) in [6.07, 6.45) is 0. The van der Waals surface area contributed by atoms with Gasteiger partial charge >= 0.3 is 0 Å². The molecule has 0 aromatic heterocycles. The topological polar surface area (TPSA) is 42.5 Å². The van der Waals surface area contributed by atoms with Crippen LogP contribution in [0, 0.1) is 0 Å². The molecule has 3 aromatic rings. The van der Waals surface area contributed by atoms with Gasteiger partial charge in [-0.05, 0) is 0 Å². The average molecular weight is 409 g/mol. The molecule has 28 heavy (non-hydrogen) atoms. The Bertz CT molecular complexity index is 895. The number of anilines is 2. The van der Waals surface area contributed by atoms with Gasteiger partial charge < -0.3 is 20.1 Å². The Balaban J connectivity index is 1.87. The molecule has 6 heteroatoms. The Morgan fingerprint density at radius 3 is 1.32 bits per heavy atom. The van der Waals surface area contributed by atoms with E-state index in [4.69, 9.17) is 33.9 Å². The van der Waals surface area contributed by atoms with Gasteiger partial charge in [-0.3, -0.25) is 0 Å². The Kier molecular flexibility index (Phi) is 6.57. The summed E-state index contributed by atoms with van der Waals surface area (Å²) < 4.78 is 11.1. The van der Waals surface area contributed by atoms with E-state index < -0.39 is 0 Å². The van der Waals surface area contributed by atoms with Gasteiger partial charge in [0.1, 0.15) is 21.5 Å². The third-order valence-corrected chi connectivity index (χ3v) is 4.77. The van der Waals surface area contributed by atoms with E-state index in [-0.39, 0.29) is 0 Å². The second-order valence-electron chi connectivity index (χ2n) is 5.89. The minimum atomic E-state index is 0.599. The van der Waals surface area contributed by atoms with Crippen LogP contribution in [-0.2, 0) is 0 Å². The fourth-order valence-electron chi connectivity index (χ4n) is 2.66. The summed E-state index contributed by atoms with van der Waals surface area (Å²) in [4.78, 5) is 1.20. The first kappa shape index (κ1) is 19.8. The number of hydrogen-bond acceptors (Lipinski definition) is 4. The zero-order valence-corrected chi connectivity index (χ0v) is 17.2. The number of nitrogens with one attached hydrogen (secondary N) is 2. The number of benzene rings is 3. The van der Waals surface area contributed by atoms with Gasteiger partial charge in [0.25, 0.3) is 0 Å². The van der Waals surface area contributed by atoms with Crippen LogP contribution in [-0.4, -0.2) is 24.2 Å². The highest BCUT2D eigenvalue weighted by Crippen LogP contribution is 2.37. The van der Waals surface area contributed by atoms with Crippen molar-refractivity contribution in [3.63, 3.8) is 0 Å². The number of thiocarbonyl (C=S) groups is 2. The Hall–Kier alpha value is -2.96. The van der Waals surface area contributed by atoms with Gasteiger partial charge in [0, 0.05) is 23.3 Å². The maximum Gasteiger partial charge on any atom is 0.144 e. The van der Waals surface area contributed by atoms with Crippen LogP contribution in [0.15, 0.2) is 72.8 Å². The summed E-state index contributed by atoms with van der Waals surface area (Å²) in [5.41, 5.74) is 3.27. The third kappa shape index (κ3) is 4.65. The molecule has 0 unspecified atom stereocenters. The molecule has 142 valence electrons. The second kappa shape index (κ2) is 9.30. The van der Waals surface area contributed by atoms with E-state index >= 15 is 0 Å². The maximum absolute atomic E-state index is 5.55. The number of methoxy groups -OCH3 is 2. The van der Waals surface area contributed by atoms with E-state index in [0.29, 0.717) is 32.9 Å². The number of ether oxygens (including phenoxy) is 2. The van der Waals surface area contributed by atoms with Gasteiger partial charge in [0.05, 0.1) is 25.6 Å². The standard InChI is InChI=1S/C22H20N2O2S2/c1-25-19-13-18(24-22(28)16-11-7-4-8-12-16)20(26-2)14-17(19)23-21(27)15-9-5-3-6-10-15/h3-14H,1-2H3,(H,23,27)(H,24,28). The normalized spacial score (nSPS) is 10.1. The predicted octanol–water partition coefficient (Wildman–Crippen LogP) is 5.28. The van der Waals surface area contributed by atoms with Crippen LogP contribution in [0.5, 0.6) is 11.5 Å². The molecule has 0 aliphatic heterocycles. The average Bonchev–Trinajstić information content (AvgIpc) is 2.75. The fourth-order valence-corrected chi connectivity index (χ4v) is 3.15. The van der Waals surface area contributed by atoms with Gasteiger partial charge in [0.15, 0.2) is 0 Å². The molecule has 0 radical (unpaired) electrons. The van der Waals surface area contributed by atoms with Crippen molar-refractivity contribution < 1.29 is 9.47 Å². The van der Waals surface area contributed by atoms with Crippen molar-refractivity contribution in [2.45, 2.75) is 0 Å². The smallest absolute Gasteiger partial charge is 0.144 e. The molecule has 0 saturated heterocycles. The minimum absolute atomic E-state index is 0.599. The van der Waals surface area contributed by atoms with Gasteiger partial charge in [-0.1, -0.05) is 85.1 Å². The van der Waals surface area contributed by atoms with Crippen molar-refractivity contribution in [1.82, 2.24) is 0 Å². The number of hydrogen-bond donors (Lipinski definition) is 2. The van der Waals surface area contributed by atoms with Crippen molar-refractivity contribution in [1.29, 1.82) is 0 Å². The molecule has 3 aromatic carbocycles. The monoisotopic (exact) mass is 408 g/mol. The summed E-state index contributed by atoms with van der Waals surface area (Å²) in [7, 11) is 3.22. The Morgan fingerprint density at radius 1 is 0.643 bits per heavy atom. The largest absolute Gasteiger partial charge is 0.494 e. The van der Waals surface area contributed by atoms with E-state index in [0.717, 1.165) is 11.1 Å². The van der Waals surface area contributed by atoms with Gasteiger partial charge in [-0.2, -0.15) is 0 Å². The number of rotatable bonds is 6. The molecular weight excluding hydrogens is 388 g/mol. The zero-order valence-electron chi connectivity index (χ0n) is 15.6. The van der Waals surface area contributed by atoms with Gasteiger partial charge in [-0.25, -0.2) is 0 Å². The first-order valence-electron chi connectivity index (χ1n) is 8.61. The van der Waals surface area contributed by atoms with Crippen molar-refractivity contribution in [3.05, 3.63) is 83.9 Å². The molecular formula is C22H20N2O2S2. The lowest BCUT2D eigenvalue weighted by atomic mass is 10.2. The molecule has 0 aliphatic carbocycles. The van der Waals surface area contributed by atoms with Crippen LogP contribution in [0.4, 0.5) is 11.4 Å². The van der Waals surface area contributed by atoms with Crippen LogP contribution in [0.25, 0.3) is 0 Å². The highest BCUT2D eigenvalue weighted by Gasteiger charge is 2.14. The molecule has 0 aliphatic rings. The first-order chi connectivity index (χ1) is 13.6. The maximum atomic E-state index is 5.55. The minimum Gasteiger partial charge on any atom is -0.494 e. The molecule has 2 N–H and O–H groups in total. The molecule has 3 rings (SSSR count). The van der Waals surface area contributed by atoms with Crippen molar-refractivity contribution >= 4 is 45.8 Å². The molecule has 0 heterocycles. The Morgan fingerprint density at radius 2 is 1.00 bits per heavy atom. The highest BCUT2D eigenvalue weighted by atomic mass is 32.1. The lowest BCUT2D eigenvalue weighted by molar-refractivity contribution is 0.406. The Labute approximate surface area is 175 Å². The summed E-state index contributed by atoms with van der Waals surface area (Å²) in [5, 5.41) is 6.46. The molecule has 0 amide bonds. The molecule has 0 saturated carbocycles. The third-order valence-electron chi connectivity index (χ3n) is 4.09. The summed E-state index contributed by atoms with van der Waals surface area (Å²) in [6, 6.07) is 23.2. The van der Waals surface area contributed by atoms with E-state index in [2.05, 4.69) is 10.6 Å². The summed E-state index contributed by atoms with van der Waals surface area (Å²) in [5.74, 6) is 1.25. The quantitative estimate of drug-likeness (QED) is 0.541. The van der Waals surface area contributed by atoms with Gasteiger partial charge in [0.2, 0.25) is 0 Å². The molecule has 4 nitrogen and oxygen atoms in total. The summed E-state index contributed by atoms with van der Waals surface area (Å²) in [6.45, 7) is 0. The van der Waals surface area contributed by atoms with Crippen LogP contribution >= 0.6 is 24.4 Å². The van der Waals surface area contributed by atoms with Crippen LogP contribution in [0.2, 0.25) is 0 Å². The predicted molar refractivity (Wildman–Crippen MR) is 123 cm³/mol. The molecule has 0 atom stereocenters. The fraction of sp³-hybridized carbons (Fsp3) is 0.0909. The first-order valence-corrected chi connectivity index (χ1v) is 9.43. The van der Waals surface area contributed by atoms with Crippen molar-refractivity contribution in [2.24, 2.45) is 0 Å².